The second kappa shape index (κ2) is 10.4. The number of sulfonamides is 1. The van der Waals surface area contributed by atoms with Gasteiger partial charge in [0, 0.05) is 30.9 Å². The Balaban J connectivity index is 1.95. The highest BCUT2D eigenvalue weighted by Crippen LogP contribution is 2.29. The number of hydrogen-bond donors (Lipinski definition) is 2. The van der Waals surface area contributed by atoms with E-state index in [1.807, 2.05) is 4.72 Å². The quantitative estimate of drug-likeness (QED) is 0.312. The SMILES string of the molecule is Cc1ccc(Cl)cc1NC(=O)COC(=O)CNS(=O)(=O)c1ccc(N(C)C)c([N+](=O)[O-])c1. The van der Waals surface area contributed by atoms with E-state index in [0.717, 1.165) is 11.6 Å². The van der Waals surface area contributed by atoms with E-state index < -0.39 is 50.6 Å². The molecular formula is C19H21ClN4O7S. The summed E-state index contributed by atoms with van der Waals surface area (Å²) in [5, 5.41) is 14.2. The van der Waals surface area contributed by atoms with Gasteiger partial charge in [-0.2, -0.15) is 4.72 Å². The molecule has 0 unspecified atom stereocenters. The van der Waals surface area contributed by atoms with Crippen molar-refractivity contribution in [2.24, 2.45) is 0 Å². The van der Waals surface area contributed by atoms with Crippen LogP contribution in [0.5, 0.6) is 0 Å². The zero-order chi connectivity index (χ0) is 24.1. The summed E-state index contributed by atoms with van der Waals surface area (Å²) >= 11 is 5.87. The predicted octanol–water partition coefficient (Wildman–Crippen LogP) is 2.08. The van der Waals surface area contributed by atoms with Crippen LogP contribution in [-0.2, 0) is 24.3 Å². The Hall–Kier alpha value is -3.22. The van der Waals surface area contributed by atoms with Crippen molar-refractivity contribution in [3.8, 4) is 0 Å². The maximum absolute atomic E-state index is 12.4. The maximum Gasteiger partial charge on any atom is 0.321 e. The monoisotopic (exact) mass is 484 g/mol. The Kier molecular flexibility index (Phi) is 8.14. The minimum atomic E-state index is -4.24. The van der Waals surface area contributed by atoms with Gasteiger partial charge in [-0.1, -0.05) is 17.7 Å². The molecule has 172 valence electrons. The minimum Gasteiger partial charge on any atom is -0.455 e. The molecule has 0 aromatic heterocycles. The first-order chi connectivity index (χ1) is 14.9. The first-order valence-electron chi connectivity index (χ1n) is 9.08. The molecule has 0 saturated carbocycles. The van der Waals surface area contributed by atoms with Gasteiger partial charge in [-0.25, -0.2) is 8.42 Å². The number of nitro benzene ring substituents is 1. The molecule has 0 spiro atoms. The normalized spacial score (nSPS) is 11.0. The third-order valence-corrected chi connectivity index (χ3v) is 5.81. The van der Waals surface area contributed by atoms with Gasteiger partial charge in [-0.3, -0.25) is 19.7 Å². The van der Waals surface area contributed by atoms with Gasteiger partial charge in [0.05, 0.1) is 9.82 Å². The first kappa shape index (κ1) is 25.0. The van der Waals surface area contributed by atoms with E-state index in [1.165, 1.54) is 23.1 Å². The number of hydrogen-bond acceptors (Lipinski definition) is 8. The van der Waals surface area contributed by atoms with Crippen molar-refractivity contribution in [3.05, 3.63) is 57.1 Å². The lowest BCUT2D eigenvalue weighted by Gasteiger charge is -2.14. The second-order valence-electron chi connectivity index (χ2n) is 6.79. The summed E-state index contributed by atoms with van der Waals surface area (Å²) in [4.78, 5) is 35.4. The van der Waals surface area contributed by atoms with E-state index in [0.29, 0.717) is 10.7 Å². The number of anilines is 2. The summed E-state index contributed by atoms with van der Waals surface area (Å²) in [6, 6.07) is 8.24. The van der Waals surface area contributed by atoms with Crippen LogP contribution in [-0.4, -0.2) is 52.5 Å². The summed E-state index contributed by atoms with van der Waals surface area (Å²) in [5.74, 6) is -1.65. The molecule has 11 nitrogen and oxygen atoms in total. The molecule has 0 fully saturated rings. The number of rotatable bonds is 9. The highest BCUT2D eigenvalue weighted by Gasteiger charge is 2.23. The molecule has 0 bridgehead atoms. The number of esters is 1. The molecule has 0 radical (unpaired) electrons. The van der Waals surface area contributed by atoms with Gasteiger partial charge < -0.3 is 15.0 Å². The molecule has 0 saturated heterocycles. The third kappa shape index (κ3) is 6.64. The summed E-state index contributed by atoms with van der Waals surface area (Å²) in [6.07, 6.45) is 0. The maximum atomic E-state index is 12.4. The molecule has 1 amide bonds. The van der Waals surface area contributed by atoms with Crippen LogP contribution < -0.4 is 14.9 Å². The van der Waals surface area contributed by atoms with Gasteiger partial charge in [-0.15, -0.1) is 0 Å². The van der Waals surface area contributed by atoms with E-state index in [4.69, 9.17) is 16.3 Å². The number of benzene rings is 2. The molecular weight excluding hydrogens is 464 g/mol. The minimum absolute atomic E-state index is 0.217. The number of halogens is 1. The van der Waals surface area contributed by atoms with E-state index in [2.05, 4.69) is 5.32 Å². The van der Waals surface area contributed by atoms with Gasteiger partial charge in [0.2, 0.25) is 10.0 Å². The Morgan fingerprint density at radius 1 is 1.19 bits per heavy atom. The van der Waals surface area contributed by atoms with Crippen LogP contribution in [0.1, 0.15) is 5.56 Å². The van der Waals surface area contributed by atoms with Crippen molar-refractivity contribution in [2.45, 2.75) is 11.8 Å². The lowest BCUT2D eigenvalue weighted by atomic mass is 10.2. The predicted molar refractivity (Wildman–Crippen MR) is 118 cm³/mol. The van der Waals surface area contributed by atoms with E-state index in [1.54, 1.807) is 33.2 Å². The average Bonchev–Trinajstić information content (AvgIpc) is 2.72. The van der Waals surface area contributed by atoms with Crippen LogP contribution in [0.15, 0.2) is 41.3 Å². The van der Waals surface area contributed by atoms with Crippen molar-refractivity contribution >= 4 is 50.6 Å². The van der Waals surface area contributed by atoms with Crippen LogP contribution in [0.25, 0.3) is 0 Å². The first-order valence-corrected chi connectivity index (χ1v) is 10.9. The van der Waals surface area contributed by atoms with Crippen molar-refractivity contribution in [3.63, 3.8) is 0 Å². The van der Waals surface area contributed by atoms with E-state index in [9.17, 15) is 28.1 Å². The van der Waals surface area contributed by atoms with Gasteiger partial charge >= 0.3 is 5.97 Å². The largest absolute Gasteiger partial charge is 0.455 e. The summed E-state index contributed by atoms with van der Waals surface area (Å²) in [5.41, 5.74) is 1.00. The van der Waals surface area contributed by atoms with Gasteiger partial charge in [0.25, 0.3) is 11.6 Å². The molecule has 0 atom stereocenters. The fourth-order valence-corrected chi connectivity index (χ4v) is 3.70. The van der Waals surface area contributed by atoms with Crippen molar-refractivity contribution in [1.82, 2.24) is 4.72 Å². The van der Waals surface area contributed by atoms with Crippen molar-refractivity contribution in [2.75, 3.05) is 37.5 Å². The van der Waals surface area contributed by atoms with Gasteiger partial charge in [0.15, 0.2) is 6.61 Å². The smallest absolute Gasteiger partial charge is 0.321 e. The molecule has 0 heterocycles. The number of ether oxygens (including phenoxy) is 1. The lowest BCUT2D eigenvalue weighted by molar-refractivity contribution is -0.384. The molecule has 0 aliphatic rings. The Morgan fingerprint density at radius 3 is 2.50 bits per heavy atom. The molecule has 2 aromatic carbocycles. The summed E-state index contributed by atoms with van der Waals surface area (Å²) in [6.45, 7) is 0.340. The van der Waals surface area contributed by atoms with Crippen LogP contribution >= 0.6 is 11.6 Å². The average molecular weight is 485 g/mol. The molecule has 13 heteroatoms. The van der Waals surface area contributed by atoms with Crippen molar-refractivity contribution < 1.29 is 27.7 Å². The van der Waals surface area contributed by atoms with Crippen molar-refractivity contribution in [1.29, 1.82) is 0 Å². The number of amides is 1. The molecule has 2 rings (SSSR count). The molecule has 2 N–H and O–H groups in total. The Morgan fingerprint density at radius 2 is 1.88 bits per heavy atom. The molecule has 32 heavy (non-hydrogen) atoms. The van der Waals surface area contributed by atoms with Crippen LogP contribution in [0.2, 0.25) is 5.02 Å². The van der Waals surface area contributed by atoms with Crippen LogP contribution in [0.4, 0.5) is 17.1 Å². The topological polar surface area (TPSA) is 148 Å². The number of nitrogens with zero attached hydrogens (tertiary/aromatic N) is 2. The van der Waals surface area contributed by atoms with E-state index >= 15 is 0 Å². The number of carbonyl (C=O) groups is 2. The van der Waals surface area contributed by atoms with Gasteiger partial charge in [-0.05, 0) is 36.8 Å². The fraction of sp³-hybridized carbons (Fsp3) is 0.263. The van der Waals surface area contributed by atoms with E-state index in [-0.39, 0.29) is 5.69 Å². The Labute approximate surface area is 189 Å². The summed E-state index contributed by atoms with van der Waals surface area (Å²) < 4.78 is 31.5. The van der Waals surface area contributed by atoms with Gasteiger partial charge in [0.1, 0.15) is 12.2 Å². The second-order valence-corrected chi connectivity index (χ2v) is 9.00. The highest BCUT2D eigenvalue weighted by molar-refractivity contribution is 7.89. The fourth-order valence-electron chi connectivity index (χ4n) is 2.54. The molecule has 0 aliphatic heterocycles. The lowest BCUT2D eigenvalue weighted by Crippen LogP contribution is -2.32. The zero-order valence-electron chi connectivity index (χ0n) is 17.4. The number of carbonyl (C=O) groups excluding carboxylic acids is 2. The standard InChI is InChI=1S/C19H21ClN4O7S/c1-12-4-5-13(20)8-15(12)22-18(25)11-31-19(26)10-21-32(29,30)14-6-7-16(23(2)3)17(9-14)24(27)28/h4-9,21H,10-11H2,1-3H3,(H,22,25). The Bertz CT molecular complexity index is 1150. The molecule has 0 aliphatic carbocycles. The third-order valence-electron chi connectivity index (χ3n) is 4.18. The van der Waals surface area contributed by atoms with Crippen LogP contribution in [0.3, 0.4) is 0 Å². The summed E-state index contributed by atoms with van der Waals surface area (Å²) in [7, 11) is -1.08. The number of nitro groups is 1. The number of aryl methyl sites for hydroxylation is 1. The van der Waals surface area contributed by atoms with Crippen LogP contribution in [0, 0.1) is 17.0 Å². The molecule has 2 aromatic rings. The number of nitrogens with one attached hydrogen (secondary N) is 2. The zero-order valence-corrected chi connectivity index (χ0v) is 19.0. The highest BCUT2D eigenvalue weighted by atomic mass is 35.5.